The first-order valence-electron chi connectivity index (χ1n) is 7.50. The van der Waals surface area contributed by atoms with Crippen molar-refractivity contribution in [3.8, 4) is 5.69 Å². The fourth-order valence-electron chi connectivity index (χ4n) is 2.83. The lowest BCUT2D eigenvalue weighted by atomic mass is 10.0. The van der Waals surface area contributed by atoms with E-state index in [2.05, 4.69) is 37.2 Å². The largest absolute Gasteiger partial charge is 0.352 e. The molecule has 0 spiro atoms. The highest BCUT2D eigenvalue weighted by atomic mass is 79.9. The zero-order valence-corrected chi connectivity index (χ0v) is 14.4. The number of hydrogen-bond acceptors (Lipinski definition) is 2. The Morgan fingerprint density at radius 1 is 1.36 bits per heavy atom. The summed E-state index contributed by atoms with van der Waals surface area (Å²) in [5.41, 5.74) is 3.85. The highest BCUT2D eigenvalue weighted by molar-refractivity contribution is 9.10. The van der Waals surface area contributed by atoms with Gasteiger partial charge in [-0.2, -0.15) is 0 Å². The van der Waals surface area contributed by atoms with Gasteiger partial charge in [0.25, 0.3) is 5.91 Å². The van der Waals surface area contributed by atoms with E-state index in [0.717, 1.165) is 46.7 Å². The molecule has 2 N–H and O–H groups in total. The van der Waals surface area contributed by atoms with Gasteiger partial charge in [-0.05, 0) is 38.1 Å². The molecule has 0 unspecified atom stereocenters. The molecule has 0 aliphatic carbocycles. The molecule has 5 heteroatoms. The summed E-state index contributed by atoms with van der Waals surface area (Å²) >= 11 is 3.50. The van der Waals surface area contributed by atoms with Crippen LogP contribution in [0.1, 0.15) is 21.7 Å². The Bertz CT molecular complexity index is 704. The Labute approximate surface area is 139 Å². The Morgan fingerprint density at radius 3 is 2.77 bits per heavy atom. The van der Waals surface area contributed by atoms with Gasteiger partial charge in [0.15, 0.2) is 0 Å². The maximum Gasteiger partial charge on any atom is 0.253 e. The monoisotopic (exact) mass is 361 g/mol. The topological polar surface area (TPSA) is 46.1 Å². The third-order valence-electron chi connectivity index (χ3n) is 4.16. The molecule has 0 bridgehead atoms. The Kier molecular flexibility index (Phi) is 4.36. The number of aryl methyl sites for hydroxylation is 1. The second-order valence-corrected chi connectivity index (χ2v) is 6.75. The third kappa shape index (κ3) is 2.96. The molecule has 2 heterocycles. The van der Waals surface area contributed by atoms with Crippen molar-refractivity contribution in [3.05, 3.63) is 51.8 Å². The highest BCUT2D eigenvalue weighted by Crippen LogP contribution is 2.23. The van der Waals surface area contributed by atoms with Crippen LogP contribution in [-0.2, 0) is 0 Å². The van der Waals surface area contributed by atoms with Crippen molar-refractivity contribution in [2.45, 2.75) is 13.8 Å². The number of carbonyl (C=O) groups is 1. The Hall–Kier alpha value is -1.59. The second-order valence-electron chi connectivity index (χ2n) is 5.83. The van der Waals surface area contributed by atoms with E-state index in [9.17, 15) is 4.79 Å². The molecule has 2 aromatic rings. The average Bonchev–Trinajstić information content (AvgIpc) is 2.72. The third-order valence-corrected chi connectivity index (χ3v) is 4.65. The van der Waals surface area contributed by atoms with Gasteiger partial charge in [0, 0.05) is 47.1 Å². The molecule has 1 aliphatic rings. The first-order valence-corrected chi connectivity index (χ1v) is 8.29. The highest BCUT2D eigenvalue weighted by Gasteiger charge is 2.20. The predicted molar refractivity (Wildman–Crippen MR) is 91.6 cm³/mol. The molecule has 0 radical (unpaired) electrons. The molecular weight excluding hydrogens is 342 g/mol. The van der Waals surface area contributed by atoms with E-state index < -0.39 is 0 Å². The van der Waals surface area contributed by atoms with Crippen LogP contribution >= 0.6 is 15.9 Å². The normalized spacial score (nSPS) is 14.7. The zero-order valence-electron chi connectivity index (χ0n) is 12.8. The first-order chi connectivity index (χ1) is 10.6. The number of carbonyl (C=O) groups excluding carboxylic acids is 1. The number of rotatable bonds is 4. The van der Waals surface area contributed by atoms with Crippen LogP contribution in [0.4, 0.5) is 0 Å². The molecule has 3 rings (SSSR count). The number of hydrogen-bond donors (Lipinski definition) is 2. The van der Waals surface area contributed by atoms with Crippen LogP contribution in [0.15, 0.2) is 34.8 Å². The second kappa shape index (κ2) is 6.26. The lowest BCUT2D eigenvalue weighted by Gasteiger charge is -2.27. The van der Waals surface area contributed by atoms with Gasteiger partial charge in [0.2, 0.25) is 0 Å². The van der Waals surface area contributed by atoms with Gasteiger partial charge in [0.05, 0.1) is 5.56 Å². The predicted octanol–water partition coefficient (Wildman–Crippen LogP) is 2.81. The molecule has 1 aromatic heterocycles. The summed E-state index contributed by atoms with van der Waals surface area (Å²) in [6.07, 6.45) is 0. The molecule has 1 aromatic carbocycles. The maximum atomic E-state index is 12.4. The van der Waals surface area contributed by atoms with Crippen LogP contribution in [-0.4, -0.2) is 30.1 Å². The van der Waals surface area contributed by atoms with Crippen molar-refractivity contribution >= 4 is 21.8 Å². The zero-order chi connectivity index (χ0) is 15.7. The minimum atomic E-state index is 0.0150. The van der Waals surface area contributed by atoms with Gasteiger partial charge < -0.3 is 15.2 Å². The van der Waals surface area contributed by atoms with Crippen molar-refractivity contribution in [1.29, 1.82) is 0 Å². The fourth-order valence-corrected chi connectivity index (χ4v) is 3.22. The number of amides is 1. The van der Waals surface area contributed by atoms with Crippen LogP contribution in [0.5, 0.6) is 0 Å². The average molecular weight is 362 g/mol. The van der Waals surface area contributed by atoms with Gasteiger partial charge in [-0.25, -0.2) is 0 Å². The van der Waals surface area contributed by atoms with Crippen molar-refractivity contribution in [3.63, 3.8) is 0 Å². The van der Waals surface area contributed by atoms with E-state index >= 15 is 0 Å². The van der Waals surface area contributed by atoms with Crippen molar-refractivity contribution < 1.29 is 4.79 Å². The standard InChI is InChI=1S/C17H20BrN3O/c1-11-6-16(17(22)20-10-13-8-19-9-13)12(2)21(11)15-5-3-4-14(18)7-15/h3-7,13,19H,8-10H2,1-2H3,(H,20,22). The van der Waals surface area contributed by atoms with Gasteiger partial charge in [-0.3, -0.25) is 4.79 Å². The summed E-state index contributed by atoms with van der Waals surface area (Å²) in [7, 11) is 0. The van der Waals surface area contributed by atoms with Crippen molar-refractivity contribution in [2.24, 2.45) is 5.92 Å². The Balaban J connectivity index is 1.84. The molecule has 1 fully saturated rings. The molecule has 22 heavy (non-hydrogen) atoms. The number of halogens is 1. The molecule has 1 amide bonds. The van der Waals surface area contributed by atoms with Gasteiger partial charge >= 0.3 is 0 Å². The van der Waals surface area contributed by atoms with Crippen LogP contribution in [0.25, 0.3) is 5.69 Å². The van der Waals surface area contributed by atoms with E-state index in [1.165, 1.54) is 0 Å². The summed E-state index contributed by atoms with van der Waals surface area (Å²) in [6.45, 7) is 6.76. The fraction of sp³-hybridized carbons (Fsp3) is 0.353. The van der Waals surface area contributed by atoms with Crippen molar-refractivity contribution in [1.82, 2.24) is 15.2 Å². The minimum absolute atomic E-state index is 0.0150. The summed E-state index contributed by atoms with van der Waals surface area (Å²) in [6, 6.07) is 10.1. The number of nitrogens with zero attached hydrogens (tertiary/aromatic N) is 1. The maximum absolute atomic E-state index is 12.4. The lowest BCUT2D eigenvalue weighted by molar-refractivity contribution is 0.0941. The van der Waals surface area contributed by atoms with Crippen LogP contribution in [0.3, 0.4) is 0 Å². The van der Waals surface area contributed by atoms with E-state index in [-0.39, 0.29) is 5.91 Å². The summed E-state index contributed by atoms with van der Waals surface area (Å²) < 4.78 is 3.14. The minimum Gasteiger partial charge on any atom is -0.352 e. The SMILES string of the molecule is Cc1cc(C(=O)NCC2CNC2)c(C)n1-c1cccc(Br)c1. The number of nitrogens with one attached hydrogen (secondary N) is 2. The number of aromatic nitrogens is 1. The molecule has 116 valence electrons. The summed E-state index contributed by atoms with van der Waals surface area (Å²) in [5.74, 6) is 0.582. The van der Waals surface area contributed by atoms with Crippen LogP contribution < -0.4 is 10.6 Å². The molecule has 0 atom stereocenters. The molecule has 0 saturated carbocycles. The van der Waals surface area contributed by atoms with Crippen molar-refractivity contribution in [2.75, 3.05) is 19.6 Å². The van der Waals surface area contributed by atoms with Crippen LogP contribution in [0.2, 0.25) is 0 Å². The number of benzene rings is 1. The molecule has 1 aliphatic heterocycles. The summed E-state index contributed by atoms with van der Waals surface area (Å²) in [5, 5.41) is 6.26. The van der Waals surface area contributed by atoms with Crippen LogP contribution in [0, 0.1) is 19.8 Å². The van der Waals surface area contributed by atoms with E-state index in [1.807, 2.05) is 38.1 Å². The van der Waals surface area contributed by atoms with E-state index in [0.29, 0.717) is 5.92 Å². The smallest absolute Gasteiger partial charge is 0.253 e. The Morgan fingerprint density at radius 2 is 2.14 bits per heavy atom. The van der Waals surface area contributed by atoms with Gasteiger partial charge in [0.1, 0.15) is 0 Å². The van der Waals surface area contributed by atoms with Gasteiger partial charge in [-0.1, -0.05) is 22.0 Å². The van der Waals surface area contributed by atoms with E-state index in [4.69, 9.17) is 0 Å². The first kappa shape index (κ1) is 15.3. The quantitative estimate of drug-likeness (QED) is 0.879. The molecular formula is C17H20BrN3O. The lowest BCUT2D eigenvalue weighted by Crippen LogP contribution is -2.48. The van der Waals surface area contributed by atoms with Gasteiger partial charge in [-0.15, -0.1) is 0 Å². The molecule has 1 saturated heterocycles. The molecule has 4 nitrogen and oxygen atoms in total. The summed E-state index contributed by atoms with van der Waals surface area (Å²) in [4.78, 5) is 12.4. The van der Waals surface area contributed by atoms with E-state index in [1.54, 1.807) is 0 Å².